The lowest BCUT2D eigenvalue weighted by atomic mass is 10.1. The van der Waals surface area contributed by atoms with E-state index in [2.05, 4.69) is 6.92 Å². The molecule has 0 saturated carbocycles. The Morgan fingerprint density at radius 2 is 1.69 bits per heavy atom. The number of aromatic nitrogens is 2. The first-order valence-corrected chi connectivity index (χ1v) is 15.8. The number of amides is 1. The first kappa shape index (κ1) is 31.4. The summed E-state index contributed by atoms with van der Waals surface area (Å²) in [6, 6.07) is 11.3. The molecule has 0 aliphatic carbocycles. The number of hydrogen-bond donors (Lipinski definition) is 1. The SMILES string of the molecule is CCc1ccc(Oc2nc3c(C)cccn3c(=O)c2/C=C2/SC(=S)N(CCCCCCCCCCC(=O)O)C2=O)cc1. The molecule has 8 nitrogen and oxygen atoms in total. The van der Waals surface area contributed by atoms with Gasteiger partial charge < -0.3 is 9.84 Å². The Morgan fingerprint density at radius 1 is 1.02 bits per heavy atom. The predicted octanol–water partition coefficient (Wildman–Crippen LogP) is 7.15. The molecule has 0 atom stereocenters. The Labute approximate surface area is 255 Å². The Balaban J connectivity index is 1.44. The molecular formula is C32H37N3O5S2. The van der Waals surface area contributed by atoms with Crippen molar-refractivity contribution in [1.82, 2.24) is 14.3 Å². The van der Waals surface area contributed by atoms with Gasteiger partial charge in [0, 0.05) is 19.2 Å². The van der Waals surface area contributed by atoms with E-state index in [9.17, 15) is 14.4 Å². The normalized spacial score (nSPS) is 14.3. The fourth-order valence-corrected chi connectivity index (χ4v) is 6.12. The van der Waals surface area contributed by atoms with Crippen molar-refractivity contribution in [3.63, 3.8) is 0 Å². The fraction of sp³-hybridized carbons (Fsp3) is 0.406. The van der Waals surface area contributed by atoms with Crippen molar-refractivity contribution in [3.8, 4) is 11.6 Å². The van der Waals surface area contributed by atoms with Crippen LogP contribution in [-0.4, -0.2) is 42.1 Å². The number of rotatable bonds is 15. The number of carboxylic acids is 1. The summed E-state index contributed by atoms with van der Waals surface area (Å²) in [7, 11) is 0. The molecule has 1 saturated heterocycles. The number of carbonyl (C=O) groups is 2. The first-order chi connectivity index (χ1) is 20.3. The molecule has 42 heavy (non-hydrogen) atoms. The van der Waals surface area contributed by atoms with Gasteiger partial charge in [0.15, 0.2) is 0 Å². The largest absolute Gasteiger partial charge is 0.481 e. The van der Waals surface area contributed by atoms with E-state index in [0.717, 1.165) is 63.4 Å². The van der Waals surface area contributed by atoms with E-state index in [1.165, 1.54) is 21.7 Å². The van der Waals surface area contributed by atoms with Crippen LogP contribution in [0, 0.1) is 6.92 Å². The van der Waals surface area contributed by atoms with Crippen molar-refractivity contribution < 1.29 is 19.4 Å². The molecule has 0 radical (unpaired) electrons. The van der Waals surface area contributed by atoms with Gasteiger partial charge >= 0.3 is 5.97 Å². The Bertz CT molecular complexity index is 1530. The smallest absolute Gasteiger partial charge is 0.303 e. The van der Waals surface area contributed by atoms with Crippen LogP contribution in [0.1, 0.15) is 81.4 Å². The quantitative estimate of drug-likeness (QED) is 0.110. The van der Waals surface area contributed by atoms with Gasteiger partial charge in [-0.3, -0.25) is 23.7 Å². The zero-order valence-electron chi connectivity index (χ0n) is 24.1. The number of ether oxygens (including phenoxy) is 1. The third-order valence-electron chi connectivity index (χ3n) is 7.27. The average molecular weight is 608 g/mol. The second-order valence-electron chi connectivity index (χ2n) is 10.4. The van der Waals surface area contributed by atoms with E-state index in [4.69, 9.17) is 27.0 Å². The lowest BCUT2D eigenvalue weighted by molar-refractivity contribution is -0.137. The summed E-state index contributed by atoms with van der Waals surface area (Å²) < 4.78 is 8.09. The van der Waals surface area contributed by atoms with Gasteiger partial charge in [-0.25, -0.2) is 0 Å². The molecule has 3 aromatic rings. The van der Waals surface area contributed by atoms with Gasteiger partial charge in [-0.2, -0.15) is 4.98 Å². The molecule has 1 aliphatic heterocycles. The lowest BCUT2D eigenvalue weighted by Crippen LogP contribution is -2.29. The molecule has 0 spiro atoms. The predicted molar refractivity (Wildman–Crippen MR) is 171 cm³/mol. The third kappa shape index (κ3) is 8.07. The number of carboxylic acid groups (broad SMARTS) is 1. The molecule has 0 bridgehead atoms. The zero-order chi connectivity index (χ0) is 30.1. The number of aryl methyl sites for hydroxylation is 2. The van der Waals surface area contributed by atoms with E-state index in [-0.39, 0.29) is 29.3 Å². The van der Waals surface area contributed by atoms with Crippen LogP contribution in [0.3, 0.4) is 0 Å². The molecule has 1 N–H and O–H groups in total. The minimum Gasteiger partial charge on any atom is -0.481 e. The highest BCUT2D eigenvalue weighted by molar-refractivity contribution is 8.26. The second kappa shape index (κ2) is 15.1. The topological polar surface area (TPSA) is 101 Å². The van der Waals surface area contributed by atoms with Gasteiger partial charge in [-0.15, -0.1) is 0 Å². The number of nitrogens with zero attached hydrogens (tertiary/aromatic N) is 3. The Morgan fingerprint density at radius 3 is 2.36 bits per heavy atom. The second-order valence-corrected chi connectivity index (χ2v) is 12.1. The monoisotopic (exact) mass is 607 g/mol. The number of hydrogen-bond acceptors (Lipinski definition) is 7. The number of fused-ring (bicyclic) bond motifs is 1. The van der Waals surface area contributed by atoms with Gasteiger partial charge in [0.25, 0.3) is 11.5 Å². The number of thioether (sulfide) groups is 1. The number of aliphatic carboxylic acids is 1. The van der Waals surface area contributed by atoms with Crippen LogP contribution in [0.15, 0.2) is 52.3 Å². The van der Waals surface area contributed by atoms with Gasteiger partial charge in [0.05, 0.1) is 4.91 Å². The average Bonchev–Trinajstić information content (AvgIpc) is 3.24. The van der Waals surface area contributed by atoms with Crippen LogP contribution in [0.5, 0.6) is 11.6 Å². The number of pyridine rings is 1. The minimum atomic E-state index is -0.733. The lowest BCUT2D eigenvalue weighted by Gasteiger charge is -2.14. The van der Waals surface area contributed by atoms with Crippen LogP contribution in [0.2, 0.25) is 0 Å². The molecular weight excluding hydrogens is 571 g/mol. The summed E-state index contributed by atoms with van der Waals surface area (Å²) in [4.78, 5) is 44.2. The molecule has 1 aliphatic rings. The fourth-order valence-electron chi connectivity index (χ4n) is 4.83. The Kier molecular flexibility index (Phi) is 11.3. The molecule has 2 aromatic heterocycles. The highest BCUT2D eigenvalue weighted by Gasteiger charge is 2.32. The van der Waals surface area contributed by atoms with Crippen LogP contribution in [0.4, 0.5) is 0 Å². The summed E-state index contributed by atoms with van der Waals surface area (Å²) in [6.45, 7) is 4.49. The van der Waals surface area contributed by atoms with Crippen LogP contribution in [0.25, 0.3) is 11.7 Å². The van der Waals surface area contributed by atoms with E-state index in [0.29, 0.717) is 27.2 Å². The summed E-state index contributed by atoms with van der Waals surface area (Å²) in [5, 5.41) is 8.71. The zero-order valence-corrected chi connectivity index (χ0v) is 25.8. The van der Waals surface area contributed by atoms with E-state index < -0.39 is 5.97 Å². The molecule has 1 aromatic carbocycles. The van der Waals surface area contributed by atoms with Crippen molar-refractivity contribution in [3.05, 3.63) is 74.5 Å². The van der Waals surface area contributed by atoms with Gasteiger partial charge in [0.1, 0.15) is 21.3 Å². The molecule has 1 amide bonds. The number of benzene rings is 1. The molecule has 222 valence electrons. The van der Waals surface area contributed by atoms with Crippen molar-refractivity contribution in [1.29, 1.82) is 0 Å². The maximum atomic E-state index is 13.6. The number of carbonyl (C=O) groups excluding carboxylic acids is 1. The summed E-state index contributed by atoms with van der Waals surface area (Å²) >= 11 is 6.72. The highest BCUT2D eigenvalue weighted by Crippen LogP contribution is 2.34. The van der Waals surface area contributed by atoms with Crippen molar-refractivity contribution in [2.75, 3.05) is 6.54 Å². The van der Waals surface area contributed by atoms with Crippen LogP contribution < -0.4 is 10.3 Å². The van der Waals surface area contributed by atoms with Crippen LogP contribution >= 0.6 is 24.0 Å². The molecule has 4 rings (SSSR count). The highest BCUT2D eigenvalue weighted by atomic mass is 32.2. The summed E-state index contributed by atoms with van der Waals surface area (Å²) in [5.41, 5.74) is 2.37. The van der Waals surface area contributed by atoms with Crippen molar-refractivity contribution in [2.45, 2.75) is 78.1 Å². The maximum absolute atomic E-state index is 13.6. The minimum absolute atomic E-state index is 0.145. The molecule has 0 unspecified atom stereocenters. The number of unbranched alkanes of at least 4 members (excludes halogenated alkanes) is 7. The van der Waals surface area contributed by atoms with Crippen molar-refractivity contribution >= 4 is 51.9 Å². The Hall–Kier alpha value is -3.50. The van der Waals surface area contributed by atoms with Gasteiger partial charge in [-0.1, -0.05) is 87.6 Å². The maximum Gasteiger partial charge on any atom is 0.303 e. The summed E-state index contributed by atoms with van der Waals surface area (Å²) in [6.07, 6.45) is 12.1. The third-order valence-corrected chi connectivity index (χ3v) is 8.64. The number of thiocarbonyl (C=S) groups is 1. The molecule has 3 heterocycles. The van der Waals surface area contributed by atoms with Gasteiger partial charge in [-0.05, 0) is 61.6 Å². The van der Waals surface area contributed by atoms with E-state index >= 15 is 0 Å². The standard InChI is InChI=1S/C32H37N3O5S2/c1-3-23-15-17-24(18-16-23)40-29-25(30(38)34-20-12-13-22(2)28(34)33-29)21-26-31(39)35(32(41)42-26)19-11-9-7-5-4-6-8-10-14-27(36)37/h12-13,15-18,20-21H,3-11,14,19H2,1-2H3,(H,36,37)/b26-21+. The van der Waals surface area contributed by atoms with Crippen LogP contribution in [-0.2, 0) is 16.0 Å². The molecule has 1 fully saturated rings. The summed E-state index contributed by atoms with van der Waals surface area (Å²) in [5.74, 6) is -0.245. The van der Waals surface area contributed by atoms with E-state index in [1.54, 1.807) is 23.2 Å². The van der Waals surface area contributed by atoms with E-state index in [1.807, 2.05) is 37.3 Å². The van der Waals surface area contributed by atoms with Crippen molar-refractivity contribution in [2.24, 2.45) is 0 Å². The first-order valence-electron chi connectivity index (χ1n) is 14.5. The van der Waals surface area contributed by atoms with Gasteiger partial charge in [0.2, 0.25) is 5.88 Å². The molecule has 10 heteroatoms.